The van der Waals surface area contributed by atoms with Gasteiger partial charge in [-0.15, -0.1) is 0 Å². The van der Waals surface area contributed by atoms with E-state index in [1.54, 1.807) is 0 Å². The van der Waals surface area contributed by atoms with Crippen molar-refractivity contribution < 1.29 is 0 Å². The number of nitrogens with zero attached hydrogens (tertiary/aromatic N) is 1. The van der Waals surface area contributed by atoms with Crippen LogP contribution in [0, 0.1) is 5.92 Å². The molecule has 0 aliphatic carbocycles. The van der Waals surface area contributed by atoms with Gasteiger partial charge in [-0.3, -0.25) is 4.90 Å². The van der Waals surface area contributed by atoms with Gasteiger partial charge in [-0.05, 0) is 5.92 Å². The molecular weight excluding hydrogens is 180 g/mol. The van der Waals surface area contributed by atoms with Gasteiger partial charge in [0.15, 0.2) is 0 Å². The van der Waals surface area contributed by atoms with Crippen LogP contribution in [-0.4, -0.2) is 48.1 Å². The molecule has 2 heterocycles. The van der Waals surface area contributed by atoms with Gasteiger partial charge in [0.25, 0.3) is 0 Å². The highest BCUT2D eigenvalue weighted by atomic mass is 32.2. The van der Waals surface area contributed by atoms with Crippen molar-refractivity contribution in [2.45, 2.75) is 25.9 Å². The third kappa shape index (κ3) is 2.20. The van der Waals surface area contributed by atoms with Crippen LogP contribution in [0.25, 0.3) is 0 Å². The van der Waals surface area contributed by atoms with E-state index < -0.39 is 0 Å². The maximum Gasteiger partial charge on any atom is 0.0312 e. The molecule has 2 rings (SSSR count). The van der Waals surface area contributed by atoms with E-state index in [4.69, 9.17) is 0 Å². The average molecular weight is 200 g/mol. The number of nitrogens with one attached hydrogen (secondary N) is 1. The molecule has 3 heteroatoms. The zero-order valence-electron chi connectivity index (χ0n) is 8.62. The summed E-state index contributed by atoms with van der Waals surface area (Å²) in [5, 5.41) is 3.66. The molecule has 1 N–H and O–H groups in total. The first-order valence-electron chi connectivity index (χ1n) is 5.32. The van der Waals surface area contributed by atoms with E-state index in [2.05, 4.69) is 35.8 Å². The van der Waals surface area contributed by atoms with E-state index in [0.717, 1.165) is 18.0 Å². The van der Waals surface area contributed by atoms with Crippen LogP contribution in [-0.2, 0) is 0 Å². The Bertz CT molecular complexity index is 172. The Morgan fingerprint density at radius 3 is 3.08 bits per heavy atom. The van der Waals surface area contributed by atoms with E-state index in [1.165, 1.54) is 31.1 Å². The zero-order valence-corrected chi connectivity index (χ0v) is 9.44. The first-order valence-corrected chi connectivity index (χ1v) is 6.48. The SMILES string of the molecule is CC(C)C1CN2CCSCC2CN1. The Morgan fingerprint density at radius 1 is 1.46 bits per heavy atom. The third-order valence-electron chi connectivity index (χ3n) is 3.20. The van der Waals surface area contributed by atoms with Crippen molar-refractivity contribution >= 4 is 11.8 Å². The van der Waals surface area contributed by atoms with E-state index in [0.29, 0.717) is 0 Å². The maximum absolute atomic E-state index is 3.66. The molecule has 2 atom stereocenters. The second-order valence-corrected chi connectivity index (χ2v) is 5.63. The standard InChI is InChI=1S/C10H20N2S/c1-8(2)10-6-12-3-4-13-7-9(12)5-11-10/h8-11H,3-7H2,1-2H3. The lowest BCUT2D eigenvalue weighted by Gasteiger charge is -2.44. The highest BCUT2D eigenvalue weighted by Gasteiger charge is 2.30. The summed E-state index contributed by atoms with van der Waals surface area (Å²) in [5.74, 6) is 3.44. The minimum Gasteiger partial charge on any atom is -0.311 e. The lowest BCUT2D eigenvalue weighted by atomic mass is 10.00. The smallest absolute Gasteiger partial charge is 0.0312 e. The monoisotopic (exact) mass is 200 g/mol. The summed E-state index contributed by atoms with van der Waals surface area (Å²) in [6.45, 7) is 8.41. The van der Waals surface area contributed by atoms with Gasteiger partial charge in [-0.25, -0.2) is 0 Å². The summed E-state index contributed by atoms with van der Waals surface area (Å²) in [6, 6.07) is 1.54. The van der Waals surface area contributed by atoms with Gasteiger partial charge in [0.1, 0.15) is 0 Å². The molecule has 2 aliphatic rings. The minimum absolute atomic E-state index is 0.722. The van der Waals surface area contributed by atoms with Gasteiger partial charge in [-0.1, -0.05) is 13.8 Å². The molecule has 0 bridgehead atoms. The van der Waals surface area contributed by atoms with Crippen molar-refractivity contribution in [3.63, 3.8) is 0 Å². The van der Waals surface area contributed by atoms with Gasteiger partial charge in [0, 0.05) is 43.2 Å². The molecule has 0 radical (unpaired) electrons. The summed E-state index contributed by atoms with van der Waals surface area (Å²) in [6.07, 6.45) is 0. The van der Waals surface area contributed by atoms with Crippen LogP contribution in [0.15, 0.2) is 0 Å². The number of hydrogen-bond acceptors (Lipinski definition) is 3. The molecule has 2 aliphatic heterocycles. The van der Waals surface area contributed by atoms with Gasteiger partial charge in [0.05, 0.1) is 0 Å². The second kappa shape index (κ2) is 4.20. The number of hydrogen-bond donors (Lipinski definition) is 1. The summed E-state index contributed by atoms with van der Waals surface area (Å²) >= 11 is 2.11. The molecule has 0 aromatic carbocycles. The van der Waals surface area contributed by atoms with Crippen molar-refractivity contribution in [3.8, 4) is 0 Å². The lowest BCUT2D eigenvalue weighted by molar-refractivity contribution is 0.129. The van der Waals surface area contributed by atoms with Crippen molar-refractivity contribution in [2.24, 2.45) is 5.92 Å². The van der Waals surface area contributed by atoms with E-state index in [9.17, 15) is 0 Å². The predicted molar refractivity (Wildman–Crippen MR) is 59.3 cm³/mol. The number of piperazine rings is 1. The molecule has 2 saturated heterocycles. The number of thioether (sulfide) groups is 1. The molecule has 0 amide bonds. The van der Waals surface area contributed by atoms with Crippen molar-refractivity contribution in [3.05, 3.63) is 0 Å². The normalized spacial score (nSPS) is 36.2. The third-order valence-corrected chi connectivity index (χ3v) is 4.29. The van der Waals surface area contributed by atoms with E-state index in [1.807, 2.05) is 0 Å². The van der Waals surface area contributed by atoms with E-state index >= 15 is 0 Å². The van der Waals surface area contributed by atoms with Crippen LogP contribution in [0.4, 0.5) is 0 Å². The molecular formula is C10H20N2S. The lowest BCUT2D eigenvalue weighted by Crippen LogP contribution is -2.60. The molecule has 2 fully saturated rings. The number of fused-ring (bicyclic) bond motifs is 1. The molecule has 76 valence electrons. The topological polar surface area (TPSA) is 15.3 Å². The van der Waals surface area contributed by atoms with Gasteiger partial charge < -0.3 is 5.32 Å². The first-order chi connectivity index (χ1) is 6.27. The largest absolute Gasteiger partial charge is 0.311 e. The Hall–Kier alpha value is 0.270. The van der Waals surface area contributed by atoms with Crippen LogP contribution < -0.4 is 5.32 Å². The van der Waals surface area contributed by atoms with Crippen molar-refractivity contribution in [1.29, 1.82) is 0 Å². The zero-order chi connectivity index (χ0) is 9.26. The highest BCUT2D eigenvalue weighted by Crippen LogP contribution is 2.20. The van der Waals surface area contributed by atoms with Crippen molar-refractivity contribution in [1.82, 2.24) is 10.2 Å². The molecule has 13 heavy (non-hydrogen) atoms. The first kappa shape index (κ1) is 9.81. The summed E-state index contributed by atoms with van der Waals surface area (Å²) in [7, 11) is 0. The summed E-state index contributed by atoms with van der Waals surface area (Å²) < 4.78 is 0. The van der Waals surface area contributed by atoms with Gasteiger partial charge >= 0.3 is 0 Å². The molecule has 0 aromatic rings. The summed E-state index contributed by atoms with van der Waals surface area (Å²) in [4.78, 5) is 2.68. The quantitative estimate of drug-likeness (QED) is 0.681. The number of rotatable bonds is 1. The fourth-order valence-corrected chi connectivity index (χ4v) is 3.30. The molecule has 2 nitrogen and oxygen atoms in total. The van der Waals surface area contributed by atoms with Crippen LogP contribution in [0.1, 0.15) is 13.8 Å². The summed E-state index contributed by atoms with van der Waals surface area (Å²) in [5.41, 5.74) is 0. The molecule has 0 saturated carbocycles. The average Bonchev–Trinajstić information content (AvgIpc) is 2.17. The maximum atomic E-state index is 3.66. The fraction of sp³-hybridized carbons (Fsp3) is 1.00. The Morgan fingerprint density at radius 2 is 2.31 bits per heavy atom. The highest BCUT2D eigenvalue weighted by molar-refractivity contribution is 7.99. The Labute approximate surface area is 85.4 Å². The minimum atomic E-state index is 0.722. The van der Waals surface area contributed by atoms with E-state index in [-0.39, 0.29) is 0 Å². The van der Waals surface area contributed by atoms with Gasteiger partial charge in [-0.2, -0.15) is 11.8 Å². The Kier molecular flexibility index (Phi) is 3.17. The van der Waals surface area contributed by atoms with Crippen LogP contribution in [0.5, 0.6) is 0 Å². The fourth-order valence-electron chi connectivity index (χ4n) is 2.17. The second-order valence-electron chi connectivity index (χ2n) is 4.48. The molecule has 2 unspecified atom stereocenters. The molecule has 0 spiro atoms. The van der Waals surface area contributed by atoms with Crippen LogP contribution in [0.2, 0.25) is 0 Å². The molecule has 0 aromatic heterocycles. The predicted octanol–water partition coefficient (Wildman–Crippen LogP) is 1.03. The van der Waals surface area contributed by atoms with Crippen molar-refractivity contribution in [2.75, 3.05) is 31.1 Å². The van der Waals surface area contributed by atoms with Crippen LogP contribution in [0.3, 0.4) is 0 Å². The van der Waals surface area contributed by atoms with Gasteiger partial charge in [0.2, 0.25) is 0 Å². The Balaban J connectivity index is 1.91. The van der Waals surface area contributed by atoms with Crippen LogP contribution >= 0.6 is 11.8 Å².